The van der Waals surface area contributed by atoms with Crippen LogP contribution in [0.4, 0.5) is 5.69 Å². The third kappa shape index (κ3) is 3.13. The van der Waals surface area contributed by atoms with Gasteiger partial charge in [0.25, 0.3) is 5.91 Å². The highest BCUT2D eigenvalue weighted by Crippen LogP contribution is 2.28. The summed E-state index contributed by atoms with van der Waals surface area (Å²) in [5.74, 6) is -0.536. The molecule has 0 spiro atoms. The predicted octanol–water partition coefficient (Wildman–Crippen LogP) is 0.522. The lowest BCUT2D eigenvalue weighted by Crippen LogP contribution is -3.22. The first-order valence-electron chi connectivity index (χ1n) is 9.94. The number of ether oxygens (including phenoxy) is 1. The molecule has 4 rings (SSSR count). The fourth-order valence-electron chi connectivity index (χ4n) is 5.09. The van der Waals surface area contributed by atoms with E-state index in [1.54, 1.807) is 24.3 Å². The lowest BCUT2D eigenvalue weighted by Gasteiger charge is -2.42. The van der Waals surface area contributed by atoms with Crippen molar-refractivity contribution in [1.29, 1.82) is 0 Å². The van der Waals surface area contributed by atoms with Crippen molar-refractivity contribution in [2.75, 3.05) is 18.6 Å². The lowest BCUT2D eigenvalue weighted by atomic mass is 9.77. The van der Waals surface area contributed by atoms with E-state index in [2.05, 4.69) is 4.74 Å². The van der Waals surface area contributed by atoms with Crippen LogP contribution in [0, 0.1) is 5.92 Å². The molecule has 3 fully saturated rings. The minimum atomic E-state index is -0.464. The normalized spacial score (nSPS) is 30.3. The average Bonchev–Trinajstić information content (AvgIpc) is 3.02. The van der Waals surface area contributed by atoms with Crippen molar-refractivity contribution in [2.24, 2.45) is 5.92 Å². The van der Waals surface area contributed by atoms with Crippen molar-refractivity contribution in [1.82, 2.24) is 0 Å². The van der Waals surface area contributed by atoms with Crippen LogP contribution in [0.5, 0.6) is 0 Å². The van der Waals surface area contributed by atoms with Gasteiger partial charge in [0.05, 0.1) is 49.7 Å². The van der Waals surface area contributed by atoms with Gasteiger partial charge in [-0.2, -0.15) is 0 Å². The Kier molecular flexibility index (Phi) is 5.02. The van der Waals surface area contributed by atoms with Crippen molar-refractivity contribution in [3.05, 3.63) is 29.8 Å². The first-order valence-corrected chi connectivity index (χ1v) is 9.94. The van der Waals surface area contributed by atoms with Gasteiger partial charge in [-0.25, -0.2) is 9.69 Å². The molecule has 1 aromatic carbocycles. The monoisotopic (exact) mass is 385 g/mol. The Labute approximate surface area is 163 Å². The predicted molar refractivity (Wildman–Crippen MR) is 99.9 cm³/mol. The second-order valence-electron chi connectivity index (χ2n) is 7.90. The van der Waals surface area contributed by atoms with Crippen LogP contribution in [0.2, 0.25) is 0 Å². The Morgan fingerprint density at radius 2 is 1.82 bits per heavy atom. The second-order valence-corrected chi connectivity index (χ2v) is 7.90. The van der Waals surface area contributed by atoms with Gasteiger partial charge in [0.1, 0.15) is 5.78 Å². The van der Waals surface area contributed by atoms with E-state index < -0.39 is 12.0 Å². The van der Waals surface area contributed by atoms with Crippen molar-refractivity contribution in [2.45, 2.75) is 50.6 Å². The van der Waals surface area contributed by atoms with Crippen LogP contribution in [-0.4, -0.2) is 49.3 Å². The van der Waals surface area contributed by atoms with Crippen molar-refractivity contribution in [3.8, 4) is 0 Å². The number of rotatable bonds is 3. The summed E-state index contributed by atoms with van der Waals surface area (Å²) in [6, 6.07) is 6.04. The number of anilines is 1. The highest BCUT2D eigenvalue weighted by molar-refractivity contribution is 6.22. The molecule has 2 heterocycles. The van der Waals surface area contributed by atoms with E-state index in [-0.39, 0.29) is 30.2 Å². The zero-order valence-corrected chi connectivity index (χ0v) is 16.0. The van der Waals surface area contributed by atoms with Gasteiger partial charge < -0.3 is 9.64 Å². The molecule has 28 heavy (non-hydrogen) atoms. The average molecular weight is 385 g/mol. The number of hydrogen-bond donors (Lipinski definition) is 1. The molecular weight excluding hydrogens is 360 g/mol. The zero-order chi connectivity index (χ0) is 19.8. The molecule has 0 bridgehead atoms. The smallest absolute Gasteiger partial charge is 0.337 e. The molecule has 2 amide bonds. The minimum Gasteiger partial charge on any atom is -0.465 e. The highest BCUT2D eigenvalue weighted by Gasteiger charge is 2.52. The van der Waals surface area contributed by atoms with Gasteiger partial charge in [-0.1, -0.05) is 6.42 Å². The molecule has 1 saturated carbocycles. The Balaban J connectivity index is 1.55. The fourth-order valence-corrected chi connectivity index (χ4v) is 5.09. The van der Waals surface area contributed by atoms with Crippen LogP contribution in [0.25, 0.3) is 0 Å². The summed E-state index contributed by atoms with van der Waals surface area (Å²) in [5.41, 5.74) is 0.838. The molecule has 7 nitrogen and oxygen atoms in total. The minimum absolute atomic E-state index is 0.0359. The summed E-state index contributed by atoms with van der Waals surface area (Å²) < 4.78 is 4.68. The van der Waals surface area contributed by atoms with E-state index in [1.165, 1.54) is 12.0 Å². The molecule has 1 aliphatic carbocycles. The van der Waals surface area contributed by atoms with Crippen LogP contribution in [0.15, 0.2) is 24.3 Å². The number of quaternary nitrogens is 1. The van der Waals surface area contributed by atoms with Gasteiger partial charge in [-0.3, -0.25) is 14.4 Å². The number of amides is 2. The maximum Gasteiger partial charge on any atom is 0.337 e. The summed E-state index contributed by atoms with van der Waals surface area (Å²) >= 11 is 0. The Bertz CT molecular complexity index is 819. The van der Waals surface area contributed by atoms with Crippen LogP contribution in [-0.2, 0) is 19.1 Å². The quantitative estimate of drug-likeness (QED) is 0.606. The molecule has 0 radical (unpaired) electrons. The molecule has 148 valence electrons. The molecule has 0 aromatic heterocycles. The van der Waals surface area contributed by atoms with Crippen LogP contribution < -0.4 is 9.80 Å². The number of carbonyl (C=O) groups excluding carboxylic acids is 4. The van der Waals surface area contributed by atoms with Crippen molar-refractivity contribution in [3.63, 3.8) is 0 Å². The third-order valence-electron chi connectivity index (χ3n) is 6.46. The molecule has 3 aliphatic rings. The molecule has 2 saturated heterocycles. The number of nitrogens with zero attached hydrogens (tertiary/aromatic N) is 1. The highest BCUT2D eigenvalue weighted by atomic mass is 16.5. The number of piperidine rings is 1. The number of benzene rings is 1. The fraction of sp³-hybridized carbons (Fsp3) is 0.524. The Morgan fingerprint density at radius 3 is 2.54 bits per heavy atom. The maximum absolute atomic E-state index is 13.2. The summed E-state index contributed by atoms with van der Waals surface area (Å²) in [4.78, 5) is 52.1. The molecular formula is C21H25N2O5+. The molecule has 7 heteroatoms. The Morgan fingerprint density at radius 1 is 1.11 bits per heavy atom. The van der Waals surface area contributed by atoms with Gasteiger partial charge in [-0.15, -0.1) is 0 Å². The first kappa shape index (κ1) is 18.8. The zero-order valence-electron chi connectivity index (χ0n) is 16.0. The van der Waals surface area contributed by atoms with E-state index in [0.717, 1.165) is 30.6 Å². The number of imide groups is 1. The summed E-state index contributed by atoms with van der Waals surface area (Å²) in [6.45, 7) is 0.624. The largest absolute Gasteiger partial charge is 0.465 e. The van der Waals surface area contributed by atoms with Crippen LogP contribution in [0.1, 0.15) is 48.9 Å². The molecule has 1 aromatic rings. The number of esters is 1. The van der Waals surface area contributed by atoms with Crippen LogP contribution >= 0.6 is 0 Å². The number of ketones is 1. The maximum atomic E-state index is 13.2. The van der Waals surface area contributed by atoms with Gasteiger partial charge in [0, 0.05) is 6.42 Å². The van der Waals surface area contributed by atoms with Gasteiger partial charge in [0.2, 0.25) is 5.91 Å². The topological polar surface area (TPSA) is 85.2 Å². The molecule has 1 unspecified atom stereocenters. The third-order valence-corrected chi connectivity index (χ3v) is 6.46. The number of fused-ring (bicyclic) bond motifs is 1. The molecule has 2 aliphatic heterocycles. The second kappa shape index (κ2) is 7.47. The summed E-state index contributed by atoms with van der Waals surface area (Å²) in [6.07, 6.45) is 4.65. The van der Waals surface area contributed by atoms with E-state index in [0.29, 0.717) is 30.0 Å². The van der Waals surface area contributed by atoms with E-state index in [9.17, 15) is 19.2 Å². The lowest BCUT2D eigenvalue weighted by molar-refractivity contribution is -0.945. The van der Waals surface area contributed by atoms with E-state index in [1.807, 2.05) is 0 Å². The number of hydrogen-bond acceptors (Lipinski definition) is 5. The van der Waals surface area contributed by atoms with Crippen LogP contribution in [0.3, 0.4) is 0 Å². The number of likely N-dealkylation sites (tertiary alicyclic amines) is 1. The number of carbonyl (C=O) groups is 4. The SMILES string of the molecule is COC(=O)c1ccc(N2C(=O)C[C@@H]([NH+]3CCC(=O)[C@@H]4CCCC[C@H]43)C2=O)cc1. The van der Waals surface area contributed by atoms with Gasteiger partial charge in [-0.05, 0) is 37.1 Å². The van der Waals surface area contributed by atoms with Crippen molar-refractivity contribution >= 4 is 29.3 Å². The molecule has 1 N–H and O–H groups in total. The van der Waals surface area contributed by atoms with E-state index >= 15 is 0 Å². The first-order chi connectivity index (χ1) is 13.5. The van der Waals surface area contributed by atoms with Gasteiger partial charge >= 0.3 is 5.97 Å². The number of Topliss-reactive ketones (excluding diaryl/α,β-unsaturated/α-hetero) is 1. The summed E-state index contributed by atoms with van der Waals surface area (Å²) in [7, 11) is 1.30. The summed E-state index contributed by atoms with van der Waals surface area (Å²) in [5, 5.41) is 0. The number of nitrogens with one attached hydrogen (secondary N) is 1. The standard InChI is InChI=1S/C21H24N2O5/c1-28-21(27)13-6-8-14(9-7-13)23-19(25)12-17(20(23)26)22-11-10-18(24)15-4-2-3-5-16(15)22/h6-9,15-17H,2-5,10-12H2,1H3/p+1/t15-,16-,17-/m1/s1. The van der Waals surface area contributed by atoms with Crippen molar-refractivity contribution < 1.29 is 28.8 Å². The van der Waals surface area contributed by atoms with Gasteiger partial charge in [0.15, 0.2) is 6.04 Å². The van der Waals surface area contributed by atoms with E-state index in [4.69, 9.17) is 0 Å². The molecule has 4 atom stereocenters. The number of methoxy groups -OCH3 is 1. The Hall–Kier alpha value is -2.54.